The van der Waals surface area contributed by atoms with Crippen LogP contribution in [0.3, 0.4) is 0 Å². The molecule has 0 amide bonds. The fourth-order valence-corrected chi connectivity index (χ4v) is 1.65. The highest BCUT2D eigenvalue weighted by molar-refractivity contribution is 7.98. The maximum absolute atomic E-state index is 5.87. The second-order valence-electron chi connectivity index (χ2n) is 2.81. The van der Waals surface area contributed by atoms with Crippen molar-refractivity contribution in [3.8, 4) is 0 Å². The number of aryl methyl sites for hydroxylation is 1. The predicted molar refractivity (Wildman–Crippen MR) is 56.6 cm³/mol. The van der Waals surface area contributed by atoms with Crippen LogP contribution in [-0.2, 0) is 6.42 Å². The third kappa shape index (κ3) is 2.18. The highest BCUT2D eigenvalue weighted by Gasteiger charge is 1.98. The zero-order chi connectivity index (χ0) is 8.97. The van der Waals surface area contributed by atoms with E-state index in [9.17, 15) is 0 Å². The van der Waals surface area contributed by atoms with E-state index < -0.39 is 0 Å². The fraction of sp³-hybridized carbons (Fsp3) is 0.400. The minimum atomic E-state index is 0.934. The Morgan fingerprint density at radius 1 is 1.42 bits per heavy atom. The van der Waals surface area contributed by atoms with Gasteiger partial charge in [-0.05, 0) is 30.4 Å². The Morgan fingerprint density at radius 3 is 2.67 bits per heavy atom. The van der Waals surface area contributed by atoms with E-state index in [1.807, 2.05) is 0 Å². The highest BCUT2D eigenvalue weighted by Crippen LogP contribution is 2.21. The van der Waals surface area contributed by atoms with Gasteiger partial charge in [0.05, 0.1) is 0 Å². The van der Waals surface area contributed by atoms with Gasteiger partial charge in [-0.25, -0.2) is 0 Å². The first-order valence-corrected chi connectivity index (χ1v) is 5.42. The number of anilines is 1. The molecule has 0 bridgehead atoms. The van der Waals surface area contributed by atoms with Crippen LogP contribution in [0.25, 0.3) is 0 Å². The lowest BCUT2D eigenvalue weighted by Gasteiger charge is -2.05. The molecule has 1 rings (SSSR count). The number of nitrogens with two attached hydrogens (primary N) is 1. The second-order valence-corrected chi connectivity index (χ2v) is 3.69. The molecule has 0 aliphatic rings. The lowest BCUT2D eigenvalue weighted by atomic mass is 10.1. The van der Waals surface area contributed by atoms with Crippen LogP contribution < -0.4 is 5.73 Å². The van der Waals surface area contributed by atoms with Crippen molar-refractivity contribution in [2.24, 2.45) is 0 Å². The first kappa shape index (κ1) is 9.46. The van der Waals surface area contributed by atoms with Gasteiger partial charge >= 0.3 is 0 Å². The molecule has 0 fully saturated rings. The number of hydrogen-bond donors (Lipinski definition) is 1. The average Bonchev–Trinajstić information content (AvgIpc) is 2.09. The number of benzene rings is 1. The Kier molecular flexibility index (Phi) is 3.48. The van der Waals surface area contributed by atoms with Gasteiger partial charge < -0.3 is 5.73 Å². The highest BCUT2D eigenvalue weighted by atomic mass is 32.2. The molecular weight excluding hydrogens is 166 g/mol. The van der Waals surface area contributed by atoms with Crippen LogP contribution in [0.5, 0.6) is 0 Å². The van der Waals surface area contributed by atoms with Crippen LogP contribution in [0.4, 0.5) is 5.69 Å². The van der Waals surface area contributed by atoms with Crippen molar-refractivity contribution in [3.05, 3.63) is 23.8 Å². The monoisotopic (exact) mass is 181 g/mol. The maximum Gasteiger partial charge on any atom is 0.0357 e. The van der Waals surface area contributed by atoms with Gasteiger partial charge in [-0.1, -0.05) is 19.4 Å². The van der Waals surface area contributed by atoms with E-state index in [4.69, 9.17) is 5.73 Å². The number of hydrogen-bond acceptors (Lipinski definition) is 2. The summed E-state index contributed by atoms with van der Waals surface area (Å²) >= 11 is 1.73. The average molecular weight is 181 g/mol. The van der Waals surface area contributed by atoms with Crippen LogP contribution in [0, 0.1) is 0 Å². The molecule has 12 heavy (non-hydrogen) atoms. The summed E-state index contributed by atoms with van der Waals surface area (Å²) in [6, 6.07) is 6.31. The molecule has 2 heteroatoms. The summed E-state index contributed by atoms with van der Waals surface area (Å²) < 4.78 is 0. The maximum atomic E-state index is 5.87. The van der Waals surface area contributed by atoms with E-state index in [-0.39, 0.29) is 0 Å². The summed E-state index contributed by atoms with van der Waals surface area (Å²) in [6.07, 6.45) is 4.30. The molecule has 0 saturated carbocycles. The second kappa shape index (κ2) is 4.41. The Hall–Kier alpha value is -0.630. The number of thioether (sulfide) groups is 1. The van der Waals surface area contributed by atoms with Crippen LogP contribution in [0.1, 0.15) is 18.9 Å². The summed E-state index contributed by atoms with van der Waals surface area (Å²) in [7, 11) is 0. The zero-order valence-electron chi connectivity index (χ0n) is 7.63. The minimum Gasteiger partial charge on any atom is -0.398 e. The molecule has 0 aliphatic carbocycles. The summed E-state index contributed by atoms with van der Waals surface area (Å²) in [6.45, 7) is 2.17. The molecule has 0 radical (unpaired) electrons. The third-order valence-corrected chi connectivity index (χ3v) is 2.60. The lowest BCUT2D eigenvalue weighted by Crippen LogP contribution is -1.93. The van der Waals surface area contributed by atoms with Crippen molar-refractivity contribution in [3.63, 3.8) is 0 Å². The first-order valence-electron chi connectivity index (χ1n) is 4.20. The van der Waals surface area contributed by atoms with Gasteiger partial charge in [-0.15, -0.1) is 11.8 Å². The van der Waals surface area contributed by atoms with Gasteiger partial charge in [0.25, 0.3) is 0 Å². The van der Waals surface area contributed by atoms with Gasteiger partial charge in [0.1, 0.15) is 0 Å². The molecule has 1 nitrogen and oxygen atoms in total. The Balaban J connectivity index is 2.87. The molecule has 1 aromatic carbocycles. The van der Waals surface area contributed by atoms with E-state index in [2.05, 4.69) is 31.4 Å². The smallest absolute Gasteiger partial charge is 0.0357 e. The van der Waals surface area contributed by atoms with Crippen molar-refractivity contribution < 1.29 is 0 Å². The molecule has 0 heterocycles. The standard InChI is InChI=1S/C10H15NS/c1-3-4-8-5-6-9(12-2)7-10(8)11/h5-7H,3-4,11H2,1-2H3. The fourth-order valence-electron chi connectivity index (χ4n) is 1.20. The molecule has 0 spiro atoms. The normalized spacial score (nSPS) is 10.2. The minimum absolute atomic E-state index is 0.934. The summed E-state index contributed by atoms with van der Waals surface area (Å²) in [4.78, 5) is 1.24. The number of nitrogen functional groups attached to an aromatic ring is 1. The molecule has 2 N–H and O–H groups in total. The third-order valence-electron chi connectivity index (χ3n) is 1.87. The molecule has 0 atom stereocenters. The van der Waals surface area contributed by atoms with Gasteiger partial charge in [-0.3, -0.25) is 0 Å². The van der Waals surface area contributed by atoms with Crippen LogP contribution in [0.15, 0.2) is 23.1 Å². The van der Waals surface area contributed by atoms with Crippen LogP contribution in [-0.4, -0.2) is 6.26 Å². The van der Waals surface area contributed by atoms with Gasteiger partial charge in [0.2, 0.25) is 0 Å². The van der Waals surface area contributed by atoms with E-state index >= 15 is 0 Å². The van der Waals surface area contributed by atoms with Crippen molar-refractivity contribution in [1.29, 1.82) is 0 Å². The molecule has 0 unspecified atom stereocenters. The Labute approximate surface area is 78.4 Å². The molecule has 66 valence electrons. The van der Waals surface area contributed by atoms with Crippen molar-refractivity contribution in [2.45, 2.75) is 24.7 Å². The van der Waals surface area contributed by atoms with Crippen LogP contribution in [0.2, 0.25) is 0 Å². The first-order chi connectivity index (χ1) is 5.77. The van der Waals surface area contributed by atoms with Crippen molar-refractivity contribution >= 4 is 17.4 Å². The van der Waals surface area contributed by atoms with Crippen molar-refractivity contribution in [1.82, 2.24) is 0 Å². The zero-order valence-corrected chi connectivity index (χ0v) is 8.45. The molecule has 0 aromatic heterocycles. The SMILES string of the molecule is CCCc1ccc(SC)cc1N. The van der Waals surface area contributed by atoms with Gasteiger partial charge in [-0.2, -0.15) is 0 Å². The molecule has 0 aliphatic heterocycles. The van der Waals surface area contributed by atoms with E-state index in [0.717, 1.165) is 18.5 Å². The Bertz CT molecular complexity index is 258. The van der Waals surface area contributed by atoms with Crippen molar-refractivity contribution in [2.75, 3.05) is 12.0 Å². The molecular formula is C10H15NS. The summed E-state index contributed by atoms with van der Waals surface area (Å²) in [5.74, 6) is 0. The van der Waals surface area contributed by atoms with Gasteiger partial charge in [0.15, 0.2) is 0 Å². The largest absolute Gasteiger partial charge is 0.398 e. The van der Waals surface area contributed by atoms with E-state index in [1.165, 1.54) is 10.5 Å². The topological polar surface area (TPSA) is 26.0 Å². The lowest BCUT2D eigenvalue weighted by molar-refractivity contribution is 0.923. The summed E-state index contributed by atoms with van der Waals surface area (Å²) in [5, 5.41) is 0. The van der Waals surface area contributed by atoms with Gasteiger partial charge in [0, 0.05) is 10.6 Å². The quantitative estimate of drug-likeness (QED) is 0.573. The van der Waals surface area contributed by atoms with Crippen LogP contribution >= 0.6 is 11.8 Å². The predicted octanol–water partition coefficient (Wildman–Crippen LogP) is 2.94. The van der Waals surface area contributed by atoms with E-state index in [1.54, 1.807) is 11.8 Å². The Morgan fingerprint density at radius 2 is 2.17 bits per heavy atom. The number of rotatable bonds is 3. The molecule has 1 aromatic rings. The molecule has 0 saturated heterocycles. The summed E-state index contributed by atoms with van der Waals surface area (Å²) in [5.41, 5.74) is 8.08. The van der Waals surface area contributed by atoms with E-state index in [0.29, 0.717) is 0 Å².